The van der Waals surface area contributed by atoms with E-state index >= 15 is 0 Å². The third-order valence-electron chi connectivity index (χ3n) is 5.04. The van der Waals surface area contributed by atoms with E-state index in [1.807, 2.05) is 33.8 Å². The van der Waals surface area contributed by atoms with Crippen molar-refractivity contribution >= 4 is 17.7 Å². The van der Waals surface area contributed by atoms with Crippen LogP contribution in [0.2, 0.25) is 0 Å². The third kappa shape index (κ3) is 4.50. The Labute approximate surface area is 169 Å². The van der Waals surface area contributed by atoms with Gasteiger partial charge in [0, 0.05) is 12.5 Å². The molecule has 0 bridgehead atoms. The summed E-state index contributed by atoms with van der Waals surface area (Å²) in [6.45, 7) is 7.40. The van der Waals surface area contributed by atoms with Crippen molar-refractivity contribution in [1.82, 2.24) is 9.97 Å². The summed E-state index contributed by atoms with van der Waals surface area (Å²) in [4.78, 5) is 43.7. The number of esters is 1. The van der Waals surface area contributed by atoms with E-state index in [0.717, 1.165) is 35.9 Å². The number of carboxylic acids is 1. The second-order valence-corrected chi connectivity index (χ2v) is 8.26. The highest BCUT2D eigenvalue weighted by molar-refractivity contribution is 5.97. The first kappa shape index (κ1) is 20.6. The standard InChI is InChI=1S/C22H24N2O5/c1-12-14-6-5-13(9-19(25)17-10-18(20(26)27)24-11-23-17)16(14)8-7-15(12)21(28)29-22(2,3)4/h7-8,10-11,13H,5-6,9H2,1-4H3,(H,26,27)/t13-/m1/s1. The lowest BCUT2D eigenvalue weighted by atomic mass is 9.92. The van der Waals surface area contributed by atoms with Crippen molar-refractivity contribution in [3.8, 4) is 0 Å². The fourth-order valence-corrected chi connectivity index (χ4v) is 3.69. The number of hydrogen-bond acceptors (Lipinski definition) is 6. The molecule has 1 aliphatic carbocycles. The first-order chi connectivity index (χ1) is 13.6. The van der Waals surface area contributed by atoms with Crippen molar-refractivity contribution in [2.45, 2.75) is 58.5 Å². The molecule has 1 heterocycles. The Morgan fingerprint density at radius 1 is 1.17 bits per heavy atom. The molecule has 3 rings (SSSR count). The van der Waals surface area contributed by atoms with E-state index in [1.54, 1.807) is 6.07 Å². The van der Waals surface area contributed by atoms with E-state index in [1.165, 1.54) is 6.07 Å². The molecule has 2 aromatic rings. The van der Waals surface area contributed by atoms with Gasteiger partial charge in [-0.25, -0.2) is 19.6 Å². The van der Waals surface area contributed by atoms with E-state index in [2.05, 4.69) is 9.97 Å². The largest absolute Gasteiger partial charge is 0.477 e. The summed E-state index contributed by atoms with van der Waals surface area (Å²) in [5.41, 5.74) is 2.91. The van der Waals surface area contributed by atoms with Gasteiger partial charge in [-0.05, 0) is 69.2 Å². The van der Waals surface area contributed by atoms with Gasteiger partial charge in [-0.1, -0.05) is 6.07 Å². The lowest BCUT2D eigenvalue weighted by molar-refractivity contribution is 0.00683. The molecule has 0 aliphatic heterocycles. The molecule has 0 radical (unpaired) electrons. The molecular formula is C22H24N2O5. The molecule has 1 aromatic heterocycles. The van der Waals surface area contributed by atoms with E-state index < -0.39 is 11.6 Å². The molecule has 29 heavy (non-hydrogen) atoms. The fourth-order valence-electron chi connectivity index (χ4n) is 3.69. The van der Waals surface area contributed by atoms with Gasteiger partial charge < -0.3 is 9.84 Å². The Morgan fingerprint density at radius 3 is 2.52 bits per heavy atom. The van der Waals surface area contributed by atoms with Gasteiger partial charge in [0.1, 0.15) is 17.6 Å². The zero-order valence-electron chi connectivity index (χ0n) is 17.0. The number of carboxylic acid groups (broad SMARTS) is 1. The molecule has 0 amide bonds. The third-order valence-corrected chi connectivity index (χ3v) is 5.04. The Hall–Kier alpha value is -3.09. The van der Waals surface area contributed by atoms with Crippen molar-refractivity contribution in [3.63, 3.8) is 0 Å². The lowest BCUT2D eigenvalue weighted by Gasteiger charge is -2.21. The molecular weight excluding hydrogens is 372 g/mol. The SMILES string of the molecule is Cc1c(C(=O)OC(C)(C)C)ccc2c1CC[C@@H]2CC(=O)c1cc(C(=O)O)ncn1. The highest BCUT2D eigenvalue weighted by atomic mass is 16.6. The molecule has 0 unspecified atom stereocenters. The normalized spacial score (nSPS) is 15.7. The van der Waals surface area contributed by atoms with Gasteiger partial charge in [-0.15, -0.1) is 0 Å². The summed E-state index contributed by atoms with van der Waals surface area (Å²) < 4.78 is 5.49. The van der Waals surface area contributed by atoms with Crippen LogP contribution in [0.4, 0.5) is 0 Å². The minimum Gasteiger partial charge on any atom is -0.477 e. The van der Waals surface area contributed by atoms with Crippen LogP contribution in [0.15, 0.2) is 24.5 Å². The summed E-state index contributed by atoms with van der Waals surface area (Å²) >= 11 is 0. The number of Topliss-reactive ketones (excluding diaryl/α,β-unsaturated/α-hetero) is 1. The predicted molar refractivity (Wildman–Crippen MR) is 105 cm³/mol. The maximum absolute atomic E-state index is 12.6. The predicted octanol–water partition coefficient (Wildman–Crippen LogP) is 3.74. The highest BCUT2D eigenvalue weighted by Gasteiger charge is 2.29. The first-order valence-electron chi connectivity index (χ1n) is 9.51. The number of fused-ring (bicyclic) bond motifs is 1. The molecule has 0 saturated carbocycles. The summed E-state index contributed by atoms with van der Waals surface area (Å²) in [5, 5.41) is 9.04. The number of ketones is 1. The minimum absolute atomic E-state index is 0.00660. The topological polar surface area (TPSA) is 106 Å². The van der Waals surface area contributed by atoms with E-state index in [-0.39, 0.29) is 35.5 Å². The zero-order valence-corrected chi connectivity index (χ0v) is 17.0. The smallest absolute Gasteiger partial charge is 0.354 e. The number of aromatic carboxylic acids is 1. The minimum atomic E-state index is -1.20. The van der Waals surface area contributed by atoms with Crippen molar-refractivity contribution in [2.75, 3.05) is 0 Å². The molecule has 7 nitrogen and oxygen atoms in total. The van der Waals surface area contributed by atoms with Crippen molar-refractivity contribution < 1.29 is 24.2 Å². The molecule has 152 valence electrons. The number of hydrogen-bond donors (Lipinski definition) is 1. The van der Waals surface area contributed by atoms with Crippen LogP contribution >= 0.6 is 0 Å². The number of aromatic nitrogens is 2. The molecule has 1 atom stereocenters. The molecule has 1 aromatic carbocycles. The van der Waals surface area contributed by atoms with Gasteiger partial charge in [0.2, 0.25) is 0 Å². The number of rotatable bonds is 5. The zero-order chi connectivity index (χ0) is 21.3. The van der Waals surface area contributed by atoms with Crippen LogP contribution in [0.25, 0.3) is 0 Å². The van der Waals surface area contributed by atoms with Crippen LogP contribution in [-0.4, -0.2) is 38.4 Å². The molecule has 0 saturated heterocycles. The summed E-state index contributed by atoms with van der Waals surface area (Å²) in [7, 11) is 0. The van der Waals surface area contributed by atoms with Gasteiger partial charge in [0.05, 0.1) is 5.56 Å². The van der Waals surface area contributed by atoms with Gasteiger partial charge >= 0.3 is 11.9 Å². The molecule has 1 aliphatic rings. The number of benzene rings is 1. The number of ether oxygens (including phenoxy) is 1. The average Bonchev–Trinajstić information content (AvgIpc) is 3.04. The second kappa shape index (κ2) is 7.73. The Morgan fingerprint density at radius 2 is 1.86 bits per heavy atom. The van der Waals surface area contributed by atoms with Crippen LogP contribution < -0.4 is 0 Å². The molecule has 0 spiro atoms. The van der Waals surface area contributed by atoms with Crippen molar-refractivity contribution in [3.05, 3.63) is 58.2 Å². The van der Waals surface area contributed by atoms with Crippen molar-refractivity contribution in [2.24, 2.45) is 0 Å². The number of carbonyl (C=O) groups excluding carboxylic acids is 2. The molecule has 7 heteroatoms. The van der Waals surface area contributed by atoms with E-state index in [9.17, 15) is 14.4 Å². The van der Waals surface area contributed by atoms with E-state index in [4.69, 9.17) is 9.84 Å². The monoisotopic (exact) mass is 396 g/mol. The Bertz CT molecular complexity index is 991. The highest BCUT2D eigenvalue weighted by Crippen LogP contribution is 2.39. The number of nitrogens with zero attached hydrogens (tertiary/aromatic N) is 2. The second-order valence-electron chi connectivity index (χ2n) is 8.26. The van der Waals surface area contributed by atoms with Gasteiger partial charge in [-0.3, -0.25) is 4.79 Å². The summed E-state index contributed by atoms with van der Waals surface area (Å²) in [6, 6.07) is 4.87. The Kier molecular flexibility index (Phi) is 5.50. The van der Waals surface area contributed by atoms with Crippen LogP contribution in [-0.2, 0) is 11.2 Å². The van der Waals surface area contributed by atoms with Crippen LogP contribution in [0.3, 0.4) is 0 Å². The van der Waals surface area contributed by atoms with Crippen molar-refractivity contribution in [1.29, 1.82) is 0 Å². The van der Waals surface area contributed by atoms with Gasteiger partial charge in [0.25, 0.3) is 0 Å². The summed E-state index contributed by atoms with van der Waals surface area (Å²) in [6.07, 6.45) is 2.89. The quantitative estimate of drug-likeness (QED) is 0.606. The summed E-state index contributed by atoms with van der Waals surface area (Å²) in [5.74, 6) is -1.76. The van der Waals surface area contributed by atoms with Gasteiger partial charge in [-0.2, -0.15) is 0 Å². The first-order valence-corrected chi connectivity index (χ1v) is 9.51. The number of carbonyl (C=O) groups is 3. The molecule has 0 fully saturated rings. The van der Waals surface area contributed by atoms with E-state index in [0.29, 0.717) is 5.56 Å². The maximum atomic E-state index is 12.6. The van der Waals surface area contributed by atoms with Gasteiger partial charge in [0.15, 0.2) is 11.5 Å². The maximum Gasteiger partial charge on any atom is 0.354 e. The lowest BCUT2D eigenvalue weighted by Crippen LogP contribution is -2.24. The van der Waals surface area contributed by atoms with Crippen LogP contribution in [0.5, 0.6) is 0 Å². The van der Waals surface area contributed by atoms with Crippen LogP contribution in [0, 0.1) is 6.92 Å². The molecule has 1 N–H and O–H groups in total. The Balaban J connectivity index is 1.80. The van der Waals surface area contributed by atoms with Crippen LogP contribution in [0.1, 0.15) is 87.6 Å². The fraction of sp³-hybridized carbons (Fsp3) is 0.409. The average molecular weight is 396 g/mol.